The van der Waals surface area contributed by atoms with E-state index in [-0.39, 0.29) is 36.1 Å². The largest absolute Gasteiger partial charge is 0.465 e. The van der Waals surface area contributed by atoms with Crippen LogP contribution in [0, 0.1) is 5.92 Å². The molecule has 0 bridgehead atoms. The molecule has 1 saturated heterocycles. The van der Waals surface area contributed by atoms with Crippen LogP contribution in [0.15, 0.2) is 24.3 Å². The summed E-state index contributed by atoms with van der Waals surface area (Å²) in [5.74, 6) is -1.27. The van der Waals surface area contributed by atoms with Crippen LogP contribution in [0.1, 0.15) is 69.2 Å². The number of methoxy groups -OCH3 is 1. The van der Waals surface area contributed by atoms with Gasteiger partial charge in [0.25, 0.3) is 5.91 Å². The lowest BCUT2D eigenvalue weighted by Gasteiger charge is -2.36. The fourth-order valence-electron chi connectivity index (χ4n) is 4.40. The van der Waals surface area contributed by atoms with Crippen LogP contribution in [0.5, 0.6) is 0 Å². The van der Waals surface area contributed by atoms with Crippen LogP contribution in [0.25, 0.3) is 0 Å². The predicted octanol–water partition coefficient (Wildman–Crippen LogP) is 3.31. The SMILES string of the molecule is CCC(C)N(C(=O)C1CCCCC1)C1CC(=O)N(c2ccc(C(=O)OC)cc2)C1=O. The van der Waals surface area contributed by atoms with Gasteiger partial charge in [0.15, 0.2) is 0 Å². The molecule has 2 aliphatic rings. The van der Waals surface area contributed by atoms with Crippen LogP contribution in [0.2, 0.25) is 0 Å². The number of ether oxygens (including phenoxy) is 1. The van der Waals surface area contributed by atoms with Crippen LogP contribution in [-0.4, -0.2) is 47.8 Å². The Kier molecular flexibility index (Phi) is 6.90. The Labute approximate surface area is 177 Å². The van der Waals surface area contributed by atoms with Gasteiger partial charge in [-0.15, -0.1) is 0 Å². The highest BCUT2D eigenvalue weighted by Gasteiger charge is 2.46. The zero-order chi connectivity index (χ0) is 21.8. The number of benzene rings is 1. The first kappa shape index (κ1) is 22.0. The number of amides is 3. The molecule has 2 fully saturated rings. The number of esters is 1. The maximum atomic E-state index is 13.3. The van der Waals surface area contributed by atoms with Crippen molar-refractivity contribution in [2.75, 3.05) is 12.0 Å². The molecule has 3 amide bonds. The lowest BCUT2D eigenvalue weighted by Crippen LogP contribution is -2.52. The molecule has 2 unspecified atom stereocenters. The van der Waals surface area contributed by atoms with E-state index in [0.29, 0.717) is 17.7 Å². The summed E-state index contributed by atoms with van der Waals surface area (Å²) in [4.78, 5) is 53.8. The van der Waals surface area contributed by atoms with Gasteiger partial charge in [-0.05, 0) is 50.5 Å². The molecular weight excluding hydrogens is 384 g/mol. The molecule has 7 nitrogen and oxygen atoms in total. The third-order valence-corrected chi connectivity index (χ3v) is 6.28. The van der Waals surface area contributed by atoms with Gasteiger partial charge in [-0.25, -0.2) is 9.69 Å². The molecule has 1 heterocycles. The highest BCUT2D eigenvalue weighted by Crippen LogP contribution is 2.32. The number of anilines is 1. The molecule has 162 valence electrons. The molecule has 1 aromatic rings. The van der Waals surface area contributed by atoms with Crippen LogP contribution in [0.4, 0.5) is 5.69 Å². The molecule has 7 heteroatoms. The Morgan fingerprint density at radius 3 is 2.33 bits per heavy atom. The van der Waals surface area contributed by atoms with Gasteiger partial charge >= 0.3 is 5.97 Å². The molecule has 0 N–H and O–H groups in total. The van der Waals surface area contributed by atoms with Crippen LogP contribution in [-0.2, 0) is 19.1 Å². The van der Waals surface area contributed by atoms with Crippen molar-refractivity contribution >= 4 is 29.4 Å². The normalized spacial score (nSPS) is 20.9. The number of carbonyl (C=O) groups excluding carboxylic acids is 4. The molecule has 1 aliphatic carbocycles. The number of rotatable bonds is 6. The van der Waals surface area contributed by atoms with Crippen LogP contribution < -0.4 is 4.90 Å². The Bertz CT molecular complexity index is 813. The lowest BCUT2D eigenvalue weighted by atomic mass is 9.87. The lowest BCUT2D eigenvalue weighted by molar-refractivity contribution is -0.145. The average molecular weight is 415 g/mol. The Balaban J connectivity index is 1.84. The van der Waals surface area contributed by atoms with Crippen molar-refractivity contribution in [3.8, 4) is 0 Å². The smallest absolute Gasteiger partial charge is 0.337 e. The van der Waals surface area contributed by atoms with Gasteiger partial charge in [0, 0.05) is 12.0 Å². The molecule has 30 heavy (non-hydrogen) atoms. The van der Waals surface area contributed by atoms with Crippen LogP contribution >= 0.6 is 0 Å². The first-order valence-electron chi connectivity index (χ1n) is 10.8. The van der Waals surface area contributed by atoms with E-state index < -0.39 is 12.0 Å². The zero-order valence-corrected chi connectivity index (χ0v) is 17.9. The van der Waals surface area contributed by atoms with E-state index in [4.69, 9.17) is 0 Å². The number of imide groups is 1. The summed E-state index contributed by atoms with van der Waals surface area (Å²) in [6.45, 7) is 3.92. The van der Waals surface area contributed by atoms with E-state index in [1.807, 2.05) is 13.8 Å². The second kappa shape index (κ2) is 9.41. The summed E-state index contributed by atoms with van der Waals surface area (Å²) < 4.78 is 4.68. The molecule has 0 radical (unpaired) electrons. The minimum atomic E-state index is -0.776. The van der Waals surface area contributed by atoms with Gasteiger partial charge in [-0.2, -0.15) is 0 Å². The van der Waals surface area contributed by atoms with Crippen molar-refractivity contribution in [2.45, 2.75) is 70.9 Å². The third-order valence-electron chi connectivity index (χ3n) is 6.28. The van der Waals surface area contributed by atoms with Crippen molar-refractivity contribution in [3.63, 3.8) is 0 Å². The minimum Gasteiger partial charge on any atom is -0.465 e. The first-order valence-corrected chi connectivity index (χ1v) is 10.8. The quantitative estimate of drug-likeness (QED) is 0.527. The topological polar surface area (TPSA) is 84.0 Å². The van der Waals surface area contributed by atoms with Crippen molar-refractivity contribution in [3.05, 3.63) is 29.8 Å². The Hall–Kier alpha value is -2.70. The number of hydrogen-bond donors (Lipinski definition) is 0. The molecule has 1 aromatic carbocycles. The Morgan fingerprint density at radius 2 is 1.77 bits per heavy atom. The molecule has 1 saturated carbocycles. The molecule has 0 spiro atoms. The molecule has 2 atom stereocenters. The average Bonchev–Trinajstić information content (AvgIpc) is 3.07. The summed E-state index contributed by atoms with van der Waals surface area (Å²) in [6, 6.07) is 5.26. The van der Waals surface area contributed by atoms with Crippen LogP contribution in [0.3, 0.4) is 0 Å². The van der Waals surface area contributed by atoms with E-state index in [9.17, 15) is 19.2 Å². The third kappa shape index (κ3) is 4.25. The van der Waals surface area contributed by atoms with Crippen molar-refractivity contribution in [1.29, 1.82) is 0 Å². The van der Waals surface area contributed by atoms with Crippen molar-refractivity contribution < 1.29 is 23.9 Å². The fraction of sp³-hybridized carbons (Fsp3) is 0.565. The number of carbonyl (C=O) groups is 4. The van der Waals surface area contributed by atoms with Gasteiger partial charge in [0.2, 0.25) is 11.8 Å². The van der Waals surface area contributed by atoms with E-state index in [0.717, 1.165) is 37.0 Å². The number of nitrogens with zero attached hydrogens (tertiary/aromatic N) is 2. The van der Waals surface area contributed by atoms with Crippen molar-refractivity contribution in [1.82, 2.24) is 4.90 Å². The fourth-order valence-corrected chi connectivity index (χ4v) is 4.40. The summed E-state index contributed by atoms with van der Waals surface area (Å²) in [5, 5.41) is 0. The summed E-state index contributed by atoms with van der Waals surface area (Å²) in [7, 11) is 1.29. The summed E-state index contributed by atoms with van der Waals surface area (Å²) in [6.07, 6.45) is 5.59. The second-order valence-electron chi connectivity index (χ2n) is 8.16. The first-order chi connectivity index (χ1) is 14.4. The van der Waals surface area contributed by atoms with Gasteiger partial charge in [-0.1, -0.05) is 26.2 Å². The van der Waals surface area contributed by atoms with Gasteiger partial charge in [0.05, 0.1) is 24.8 Å². The monoisotopic (exact) mass is 414 g/mol. The van der Waals surface area contributed by atoms with Gasteiger partial charge in [-0.3, -0.25) is 14.4 Å². The molecule has 1 aliphatic heterocycles. The second-order valence-corrected chi connectivity index (χ2v) is 8.16. The minimum absolute atomic E-state index is 0.00177. The Morgan fingerprint density at radius 1 is 1.13 bits per heavy atom. The summed E-state index contributed by atoms with van der Waals surface area (Å²) in [5.41, 5.74) is 0.736. The molecule has 0 aromatic heterocycles. The summed E-state index contributed by atoms with van der Waals surface area (Å²) >= 11 is 0. The van der Waals surface area contributed by atoms with Gasteiger partial charge < -0.3 is 9.64 Å². The number of hydrogen-bond acceptors (Lipinski definition) is 5. The van der Waals surface area contributed by atoms with Crippen molar-refractivity contribution in [2.24, 2.45) is 5.92 Å². The molecular formula is C23H30N2O5. The van der Waals surface area contributed by atoms with E-state index in [2.05, 4.69) is 4.74 Å². The zero-order valence-electron chi connectivity index (χ0n) is 17.9. The predicted molar refractivity (Wildman–Crippen MR) is 112 cm³/mol. The van der Waals surface area contributed by atoms with Gasteiger partial charge in [0.1, 0.15) is 6.04 Å². The highest BCUT2D eigenvalue weighted by atomic mass is 16.5. The van der Waals surface area contributed by atoms with E-state index in [1.54, 1.807) is 17.0 Å². The maximum Gasteiger partial charge on any atom is 0.337 e. The standard InChI is InChI=1S/C23H30N2O5/c1-4-15(2)24(21(27)16-8-6-5-7-9-16)19-14-20(26)25(22(19)28)18-12-10-17(11-13-18)23(29)30-3/h10-13,15-16,19H,4-9,14H2,1-3H3. The maximum absolute atomic E-state index is 13.3. The van der Waals surface area contributed by atoms with E-state index in [1.165, 1.54) is 19.2 Å². The molecule has 3 rings (SSSR count). The highest BCUT2D eigenvalue weighted by molar-refractivity contribution is 6.23. The van der Waals surface area contributed by atoms with E-state index >= 15 is 0 Å².